The van der Waals surface area contributed by atoms with Gasteiger partial charge < -0.3 is 4.57 Å². The van der Waals surface area contributed by atoms with Gasteiger partial charge in [0.2, 0.25) is 15.9 Å². The molecule has 25 heavy (non-hydrogen) atoms. The molecule has 0 saturated heterocycles. The zero-order valence-corrected chi connectivity index (χ0v) is 15.5. The van der Waals surface area contributed by atoms with E-state index in [1.54, 1.807) is 12.1 Å². The molecule has 0 atom stereocenters. The van der Waals surface area contributed by atoms with Gasteiger partial charge in [-0.15, -0.1) is 6.58 Å². The lowest BCUT2D eigenvalue weighted by atomic mass is 10.0. The molecule has 1 fully saturated rings. The van der Waals surface area contributed by atoms with E-state index in [1.807, 2.05) is 4.57 Å². The SMILES string of the molecule is C=CCn1c(=NC(=O)CC2CCCC2)sc2cc(S(N)(=O)=O)ccc21. The number of allylic oxidation sites excluding steroid dienone is 1. The van der Waals surface area contributed by atoms with Gasteiger partial charge in [-0.25, -0.2) is 13.6 Å². The summed E-state index contributed by atoms with van der Waals surface area (Å²) in [5.41, 5.74) is 0.810. The summed E-state index contributed by atoms with van der Waals surface area (Å²) in [5, 5.41) is 5.20. The molecule has 1 heterocycles. The minimum Gasteiger partial charge on any atom is -0.313 e. The van der Waals surface area contributed by atoms with E-state index in [1.165, 1.54) is 36.3 Å². The second-order valence-electron chi connectivity index (χ2n) is 6.32. The first-order valence-corrected chi connectivity index (χ1v) is 10.6. The summed E-state index contributed by atoms with van der Waals surface area (Å²) in [7, 11) is -3.77. The van der Waals surface area contributed by atoms with E-state index in [2.05, 4.69) is 11.6 Å². The molecule has 1 amide bonds. The van der Waals surface area contributed by atoms with E-state index in [0.29, 0.717) is 23.7 Å². The maximum absolute atomic E-state index is 12.3. The normalized spacial score (nSPS) is 16.6. The largest absolute Gasteiger partial charge is 0.313 e. The van der Waals surface area contributed by atoms with Gasteiger partial charge in [0.05, 0.1) is 15.1 Å². The van der Waals surface area contributed by atoms with Gasteiger partial charge in [0.1, 0.15) is 0 Å². The summed E-state index contributed by atoms with van der Waals surface area (Å²) in [6.07, 6.45) is 6.77. The number of hydrogen-bond acceptors (Lipinski definition) is 4. The monoisotopic (exact) mass is 379 g/mol. The van der Waals surface area contributed by atoms with Crippen LogP contribution in [0.25, 0.3) is 10.2 Å². The highest BCUT2D eigenvalue weighted by atomic mass is 32.2. The van der Waals surface area contributed by atoms with Crippen LogP contribution in [-0.2, 0) is 21.4 Å². The van der Waals surface area contributed by atoms with Gasteiger partial charge in [-0.3, -0.25) is 4.79 Å². The fraction of sp³-hybridized carbons (Fsp3) is 0.412. The van der Waals surface area contributed by atoms with Gasteiger partial charge in [0.15, 0.2) is 4.80 Å². The number of carbonyl (C=O) groups is 1. The number of amides is 1. The molecule has 0 radical (unpaired) electrons. The predicted octanol–water partition coefficient (Wildman–Crippen LogP) is 2.54. The van der Waals surface area contributed by atoms with E-state index in [-0.39, 0.29) is 10.8 Å². The fourth-order valence-electron chi connectivity index (χ4n) is 3.24. The first-order chi connectivity index (χ1) is 11.9. The molecular formula is C17H21N3O3S2. The molecule has 1 saturated carbocycles. The summed E-state index contributed by atoms with van der Waals surface area (Å²) in [5.74, 6) is 0.315. The van der Waals surface area contributed by atoms with Crippen LogP contribution in [0, 0.1) is 5.92 Å². The lowest BCUT2D eigenvalue weighted by Crippen LogP contribution is -2.17. The molecule has 2 aromatic rings. The van der Waals surface area contributed by atoms with Gasteiger partial charge in [0.25, 0.3) is 0 Å². The van der Waals surface area contributed by atoms with Gasteiger partial charge in [0, 0.05) is 13.0 Å². The molecule has 134 valence electrons. The molecule has 2 N–H and O–H groups in total. The Morgan fingerprint density at radius 1 is 1.40 bits per heavy atom. The molecule has 8 heteroatoms. The lowest BCUT2D eigenvalue weighted by Gasteiger charge is -2.04. The van der Waals surface area contributed by atoms with Crippen molar-refractivity contribution in [2.24, 2.45) is 16.0 Å². The van der Waals surface area contributed by atoms with Crippen LogP contribution in [0.4, 0.5) is 0 Å². The van der Waals surface area contributed by atoms with Crippen LogP contribution in [0.1, 0.15) is 32.1 Å². The maximum atomic E-state index is 12.3. The summed E-state index contributed by atoms with van der Waals surface area (Å²) >= 11 is 1.29. The van der Waals surface area contributed by atoms with Crippen molar-refractivity contribution in [1.29, 1.82) is 0 Å². The molecule has 0 aliphatic heterocycles. The van der Waals surface area contributed by atoms with E-state index < -0.39 is 10.0 Å². The van der Waals surface area contributed by atoms with Gasteiger partial charge in [-0.2, -0.15) is 4.99 Å². The zero-order chi connectivity index (χ0) is 18.0. The summed E-state index contributed by atoms with van der Waals surface area (Å²) in [6, 6.07) is 4.68. The van der Waals surface area contributed by atoms with Crippen LogP contribution >= 0.6 is 11.3 Å². The highest BCUT2D eigenvalue weighted by Gasteiger charge is 2.18. The molecule has 1 aliphatic rings. The number of aromatic nitrogens is 1. The Kier molecular flexibility index (Phi) is 5.21. The summed E-state index contributed by atoms with van der Waals surface area (Å²) in [4.78, 5) is 17.2. The Morgan fingerprint density at radius 2 is 2.12 bits per heavy atom. The molecular weight excluding hydrogens is 358 g/mol. The van der Waals surface area contributed by atoms with Crippen LogP contribution in [0.3, 0.4) is 0 Å². The van der Waals surface area contributed by atoms with Crippen LogP contribution < -0.4 is 9.94 Å². The summed E-state index contributed by atoms with van der Waals surface area (Å²) < 4.78 is 25.7. The number of carbonyl (C=O) groups excluding carboxylic acids is 1. The van der Waals surface area contributed by atoms with Crippen molar-refractivity contribution in [3.05, 3.63) is 35.7 Å². The van der Waals surface area contributed by atoms with Crippen LogP contribution in [0.15, 0.2) is 40.7 Å². The topological polar surface area (TPSA) is 94.5 Å². The summed E-state index contributed by atoms with van der Waals surface area (Å²) in [6.45, 7) is 4.23. The average molecular weight is 380 g/mol. The minimum atomic E-state index is -3.77. The predicted molar refractivity (Wildman–Crippen MR) is 98.5 cm³/mol. The van der Waals surface area contributed by atoms with E-state index in [9.17, 15) is 13.2 Å². The number of rotatable bonds is 5. The number of hydrogen-bond donors (Lipinski definition) is 1. The number of nitrogens with zero attached hydrogens (tertiary/aromatic N) is 2. The maximum Gasteiger partial charge on any atom is 0.248 e. The molecule has 1 aromatic carbocycles. The number of fused-ring (bicyclic) bond motifs is 1. The van der Waals surface area contributed by atoms with Crippen molar-refractivity contribution in [3.63, 3.8) is 0 Å². The van der Waals surface area contributed by atoms with Gasteiger partial charge in [-0.05, 0) is 37.0 Å². The van der Waals surface area contributed by atoms with Crippen LogP contribution in [0.2, 0.25) is 0 Å². The highest BCUT2D eigenvalue weighted by Crippen LogP contribution is 2.27. The van der Waals surface area contributed by atoms with Crippen molar-refractivity contribution in [2.75, 3.05) is 0 Å². The zero-order valence-electron chi connectivity index (χ0n) is 13.8. The number of sulfonamides is 1. The number of primary sulfonamides is 1. The second kappa shape index (κ2) is 7.23. The highest BCUT2D eigenvalue weighted by molar-refractivity contribution is 7.89. The van der Waals surface area contributed by atoms with Crippen molar-refractivity contribution in [1.82, 2.24) is 4.57 Å². The Balaban J connectivity index is 2.03. The molecule has 0 bridgehead atoms. The Hall–Kier alpha value is -1.77. The lowest BCUT2D eigenvalue weighted by molar-refractivity contribution is -0.118. The molecule has 0 unspecified atom stereocenters. The van der Waals surface area contributed by atoms with Crippen molar-refractivity contribution >= 4 is 37.5 Å². The fourth-order valence-corrected chi connectivity index (χ4v) is 4.95. The Labute approximate surface area is 150 Å². The molecule has 0 spiro atoms. The average Bonchev–Trinajstić information content (AvgIpc) is 3.15. The van der Waals surface area contributed by atoms with Crippen LogP contribution in [-0.4, -0.2) is 18.9 Å². The first kappa shape index (κ1) is 18.0. The minimum absolute atomic E-state index is 0.0517. The third kappa shape index (κ3) is 4.08. The molecule has 3 rings (SSSR count). The third-order valence-electron chi connectivity index (χ3n) is 4.45. The Bertz CT molecular complexity index is 980. The van der Waals surface area contributed by atoms with Crippen LogP contribution in [0.5, 0.6) is 0 Å². The van der Waals surface area contributed by atoms with Crippen molar-refractivity contribution in [3.8, 4) is 0 Å². The number of thiazole rings is 1. The standard InChI is InChI=1S/C17H21N3O3S2/c1-2-9-20-14-8-7-13(25(18,22)23)11-15(14)24-17(20)19-16(21)10-12-5-3-4-6-12/h2,7-8,11-12H,1,3-6,9-10H2,(H2,18,22,23). The van der Waals surface area contributed by atoms with Crippen molar-refractivity contribution in [2.45, 2.75) is 43.5 Å². The third-order valence-corrected chi connectivity index (χ3v) is 6.40. The Morgan fingerprint density at radius 3 is 2.76 bits per heavy atom. The molecule has 1 aliphatic carbocycles. The molecule has 6 nitrogen and oxygen atoms in total. The quantitative estimate of drug-likeness (QED) is 0.809. The molecule has 1 aromatic heterocycles. The van der Waals surface area contributed by atoms with Gasteiger partial charge in [-0.1, -0.05) is 30.3 Å². The van der Waals surface area contributed by atoms with E-state index in [0.717, 1.165) is 23.1 Å². The smallest absolute Gasteiger partial charge is 0.248 e. The number of benzene rings is 1. The number of nitrogens with two attached hydrogens (primary N) is 1. The van der Waals surface area contributed by atoms with E-state index >= 15 is 0 Å². The van der Waals surface area contributed by atoms with E-state index in [4.69, 9.17) is 5.14 Å². The first-order valence-electron chi connectivity index (χ1n) is 8.23. The van der Waals surface area contributed by atoms with Crippen molar-refractivity contribution < 1.29 is 13.2 Å². The van der Waals surface area contributed by atoms with Gasteiger partial charge >= 0.3 is 0 Å². The second-order valence-corrected chi connectivity index (χ2v) is 8.89.